The minimum atomic E-state index is -1.18. The SMILES string of the molecule is O=C([O-])N1CCC(c2ccc(F)cc2)C(OC/C=C/c2ccccc2)C1. The van der Waals surface area contributed by atoms with E-state index in [1.807, 2.05) is 42.5 Å². The second kappa shape index (κ2) is 8.63. The van der Waals surface area contributed by atoms with Gasteiger partial charge in [0, 0.05) is 19.0 Å². The number of carbonyl (C=O) groups is 1. The lowest BCUT2D eigenvalue weighted by atomic mass is 9.87. The Kier molecular flexibility index (Phi) is 6.02. The molecule has 5 heteroatoms. The molecule has 0 spiro atoms. The summed E-state index contributed by atoms with van der Waals surface area (Å²) in [4.78, 5) is 12.5. The van der Waals surface area contributed by atoms with E-state index in [2.05, 4.69) is 0 Å². The summed E-state index contributed by atoms with van der Waals surface area (Å²) >= 11 is 0. The minimum absolute atomic E-state index is 0.0244. The van der Waals surface area contributed by atoms with Crippen molar-refractivity contribution in [1.82, 2.24) is 4.90 Å². The first-order valence-electron chi connectivity index (χ1n) is 8.68. The van der Waals surface area contributed by atoms with Gasteiger partial charge < -0.3 is 19.5 Å². The molecule has 1 aliphatic heterocycles. The lowest BCUT2D eigenvalue weighted by Crippen LogP contribution is -2.51. The zero-order valence-corrected chi connectivity index (χ0v) is 14.4. The molecule has 0 aromatic heterocycles. The third-order valence-corrected chi connectivity index (χ3v) is 4.63. The van der Waals surface area contributed by atoms with E-state index >= 15 is 0 Å². The molecule has 26 heavy (non-hydrogen) atoms. The molecule has 0 bridgehead atoms. The molecule has 2 unspecified atom stereocenters. The van der Waals surface area contributed by atoms with Crippen LogP contribution in [0.2, 0.25) is 0 Å². The van der Waals surface area contributed by atoms with Crippen LogP contribution in [0.3, 0.4) is 0 Å². The number of amides is 1. The number of nitrogens with zero attached hydrogens (tertiary/aromatic N) is 1. The zero-order valence-electron chi connectivity index (χ0n) is 14.4. The van der Waals surface area contributed by atoms with Gasteiger partial charge in [0.05, 0.1) is 12.7 Å². The third kappa shape index (κ3) is 4.70. The lowest BCUT2D eigenvalue weighted by molar-refractivity contribution is -0.268. The van der Waals surface area contributed by atoms with E-state index < -0.39 is 6.09 Å². The largest absolute Gasteiger partial charge is 0.530 e. The number of ether oxygens (including phenoxy) is 1. The minimum Gasteiger partial charge on any atom is -0.530 e. The first-order valence-corrected chi connectivity index (χ1v) is 8.68. The van der Waals surface area contributed by atoms with Gasteiger partial charge in [0.25, 0.3) is 0 Å². The van der Waals surface area contributed by atoms with Crippen LogP contribution in [0.5, 0.6) is 0 Å². The maximum Gasteiger partial charge on any atom is 0.137 e. The molecule has 0 aliphatic carbocycles. The molecule has 3 rings (SSSR count). The number of hydrogen-bond acceptors (Lipinski definition) is 3. The Bertz CT molecular complexity index is 746. The fourth-order valence-electron chi connectivity index (χ4n) is 3.27. The summed E-state index contributed by atoms with van der Waals surface area (Å²) in [5, 5.41) is 11.2. The zero-order chi connectivity index (χ0) is 18.4. The number of piperidine rings is 1. The quantitative estimate of drug-likeness (QED) is 0.829. The summed E-state index contributed by atoms with van der Waals surface area (Å²) in [7, 11) is 0. The number of carboxylic acid groups (broad SMARTS) is 1. The normalized spacial score (nSPS) is 20.4. The highest BCUT2D eigenvalue weighted by Crippen LogP contribution is 2.30. The van der Waals surface area contributed by atoms with Gasteiger partial charge in [-0.2, -0.15) is 0 Å². The summed E-state index contributed by atoms with van der Waals surface area (Å²) in [6.07, 6.45) is 3.01. The average molecular weight is 354 g/mol. The molecule has 1 saturated heterocycles. The van der Waals surface area contributed by atoms with Crippen molar-refractivity contribution >= 4 is 12.2 Å². The second-order valence-electron chi connectivity index (χ2n) is 6.34. The summed E-state index contributed by atoms with van der Waals surface area (Å²) in [5.41, 5.74) is 2.03. The molecular weight excluding hydrogens is 333 g/mol. The lowest BCUT2D eigenvalue weighted by Gasteiger charge is -2.39. The number of halogens is 1. The molecule has 2 aromatic carbocycles. The maximum atomic E-state index is 13.2. The Hall–Kier alpha value is -2.66. The monoisotopic (exact) mass is 354 g/mol. The van der Waals surface area contributed by atoms with Crippen LogP contribution in [-0.2, 0) is 4.74 Å². The van der Waals surface area contributed by atoms with Crippen molar-refractivity contribution in [3.05, 3.63) is 77.6 Å². The highest BCUT2D eigenvalue weighted by molar-refractivity contribution is 5.62. The predicted octanol–water partition coefficient (Wildman–Crippen LogP) is 3.06. The second-order valence-corrected chi connectivity index (χ2v) is 6.34. The van der Waals surface area contributed by atoms with Crippen molar-refractivity contribution in [2.75, 3.05) is 19.7 Å². The molecule has 1 fully saturated rings. The highest BCUT2D eigenvalue weighted by Gasteiger charge is 2.31. The van der Waals surface area contributed by atoms with E-state index in [0.29, 0.717) is 19.6 Å². The van der Waals surface area contributed by atoms with Gasteiger partial charge in [-0.15, -0.1) is 0 Å². The Morgan fingerprint density at radius 2 is 1.92 bits per heavy atom. The van der Waals surface area contributed by atoms with Crippen LogP contribution in [0.15, 0.2) is 60.7 Å². The van der Waals surface area contributed by atoms with Crippen molar-refractivity contribution in [2.24, 2.45) is 0 Å². The predicted molar refractivity (Wildman–Crippen MR) is 95.9 cm³/mol. The Morgan fingerprint density at radius 3 is 2.62 bits per heavy atom. The van der Waals surface area contributed by atoms with Crippen LogP contribution in [0.4, 0.5) is 9.18 Å². The Balaban J connectivity index is 1.67. The summed E-state index contributed by atoms with van der Waals surface area (Å²) in [6.45, 7) is 1.02. The van der Waals surface area contributed by atoms with Gasteiger partial charge in [-0.25, -0.2) is 4.39 Å². The van der Waals surface area contributed by atoms with Crippen molar-refractivity contribution in [3.63, 3.8) is 0 Å². The van der Waals surface area contributed by atoms with Gasteiger partial charge in [0.15, 0.2) is 0 Å². The maximum absolute atomic E-state index is 13.2. The number of hydrogen-bond donors (Lipinski definition) is 0. The molecule has 2 aromatic rings. The Labute approximate surface area is 152 Å². The average Bonchev–Trinajstić information content (AvgIpc) is 2.66. The van der Waals surface area contributed by atoms with Crippen LogP contribution < -0.4 is 5.11 Å². The van der Waals surface area contributed by atoms with Gasteiger partial charge in [0.2, 0.25) is 0 Å². The van der Waals surface area contributed by atoms with E-state index in [1.165, 1.54) is 17.0 Å². The van der Waals surface area contributed by atoms with Crippen LogP contribution in [0.1, 0.15) is 23.5 Å². The van der Waals surface area contributed by atoms with E-state index in [1.54, 1.807) is 12.1 Å². The molecule has 136 valence electrons. The molecule has 4 nitrogen and oxygen atoms in total. The molecule has 0 N–H and O–H groups in total. The van der Waals surface area contributed by atoms with Crippen LogP contribution in [0.25, 0.3) is 6.08 Å². The van der Waals surface area contributed by atoms with Crippen molar-refractivity contribution in [1.29, 1.82) is 0 Å². The molecule has 0 radical (unpaired) electrons. The highest BCUT2D eigenvalue weighted by atomic mass is 19.1. The van der Waals surface area contributed by atoms with Gasteiger partial charge in [-0.1, -0.05) is 54.6 Å². The van der Waals surface area contributed by atoms with E-state index in [-0.39, 0.29) is 24.4 Å². The number of rotatable bonds is 5. The number of benzene rings is 2. The fraction of sp³-hybridized carbons (Fsp3) is 0.286. The molecule has 1 aliphatic rings. The summed E-state index contributed by atoms with van der Waals surface area (Å²) < 4.78 is 19.2. The fourth-order valence-corrected chi connectivity index (χ4v) is 3.27. The number of likely N-dealkylation sites (tertiary alicyclic amines) is 1. The topological polar surface area (TPSA) is 52.6 Å². The molecule has 2 atom stereocenters. The van der Waals surface area contributed by atoms with E-state index in [4.69, 9.17) is 4.74 Å². The standard InChI is InChI=1S/C21H22FNO3/c22-18-10-8-17(9-11-18)19-12-13-23(21(24)25)15-20(19)26-14-4-7-16-5-2-1-3-6-16/h1-11,19-20H,12-15H2,(H,24,25)/p-1/b7-4+. The third-order valence-electron chi connectivity index (χ3n) is 4.63. The first kappa shape index (κ1) is 18.1. The van der Waals surface area contributed by atoms with Gasteiger partial charge in [0.1, 0.15) is 11.9 Å². The summed E-state index contributed by atoms with van der Waals surface area (Å²) in [5.74, 6) is -0.263. The van der Waals surface area contributed by atoms with Crippen molar-refractivity contribution in [2.45, 2.75) is 18.4 Å². The molecular formula is C21H21FNO3-. The van der Waals surface area contributed by atoms with Crippen molar-refractivity contribution < 1.29 is 19.0 Å². The van der Waals surface area contributed by atoms with Crippen LogP contribution in [-0.4, -0.2) is 36.8 Å². The molecule has 1 amide bonds. The van der Waals surface area contributed by atoms with E-state index in [0.717, 1.165) is 11.1 Å². The Morgan fingerprint density at radius 1 is 1.19 bits per heavy atom. The van der Waals surface area contributed by atoms with Gasteiger partial charge in [-0.05, 0) is 29.7 Å². The van der Waals surface area contributed by atoms with Gasteiger partial charge in [-0.3, -0.25) is 0 Å². The van der Waals surface area contributed by atoms with Crippen LogP contribution in [0, 0.1) is 5.82 Å². The molecule has 1 heterocycles. The van der Waals surface area contributed by atoms with Crippen molar-refractivity contribution in [3.8, 4) is 0 Å². The smallest absolute Gasteiger partial charge is 0.137 e. The first-order chi connectivity index (χ1) is 12.6. The molecule has 0 saturated carbocycles. The van der Waals surface area contributed by atoms with E-state index in [9.17, 15) is 14.3 Å². The summed E-state index contributed by atoms with van der Waals surface area (Å²) in [6, 6.07) is 16.2. The van der Waals surface area contributed by atoms with Gasteiger partial charge >= 0.3 is 0 Å². The van der Waals surface area contributed by atoms with Crippen LogP contribution >= 0.6 is 0 Å². The number of carbonyl (C=O) groups excluding carboxylic acids is 1.